The van der Waals surface area contributed by atoms with Crippen molar-refractivity contribution in [1.29, 1.82) is 0 Å². The number of fused-ring (bicyclic) bond motifs is 7. The summed E-state index contributed by atoms with van der Waals surface area (Å²) < 4.78 is 4.76. The van der Waals surface area contributed by atoms with Crippen molar-refractivity contribution in [2.45, 2.75) is 0 Å². The molecule has 0 aliphatic carbocycles. The smallest absolute Gasteiger partial charge is 0.0590 e. The first-order valence-electron chi connectivity index (χ1n) is 11.4. The van der Waals surface area contributed by atoms with Crippen LogP contribution >= 0.6 is 0 Å². The molecule has 156 valence electrons. The van der Waals surface area contributed by atoms with Gasteiger partial charge in [-0.25, -0.2) is 0 Å². The van der Waals surface area contributed by atoms with Gasteiger partial charge in [-0.15, -0.1) is 0 Å². The van der Waals surface area contributed by atoms with Gasteiger partial charge in [-0.3, -0.25) is 0 Å². The van der Waals surface area contributed by atoms with E-state index in [0.717, 1.165) is 0 Å². The fourth-order valence-electron chi connectivity index (χ4n) is 5.44. The van der Waals surface area contributed by atoms with Crippen molar-refractivity contribution in [1.82, 2.24) is 9.13 Å². The zero-order chi connectivity index (χ0) is 21.9. The van der Waals surface area contributed by atoms with Crippen LogP contribution in [0.3, 0.4) is 0 Å². The molecule has 0 saturated carbocycles. The van der Waals surface area contributed by atoms with Crippen LogP contribution in [0.4, 0.5) is 0 Å². The summed E-state index contributed by atoms with van der Waals surface area (Å²) in [4.78, 5) is 0. The molecule has 7 aromatic rings. The van der Waals surface area contributed by atoms with E-state index in [9.17, 15) is 0 Å². The molecule has 2 heteroatoms. The zero-order valence-corrected chi connectivity index (χ0v) is 18.4. The molecule has 7 rings (SSSR count). The highest BCUT2D eigenvalue weighted by molar-refractivity contribution is 6.25. The van der Waals surface area contributed by atoms with E-state index in [1.54, 1.807) is 0 Å². The Morgan fingerprint density at radius 1 is 0.485 bits per heavy atom. The first kappa shape index (κ1) is 18.3. The number of nitrogens with zero attached hydrogens (tertiary/aromatic N) is 2. The molecule has 0 bridgehead atoms. The number of benzene rings is 5. The van der Waals surface area contributed by atoms with Crippen LogP contribution < -0.4 is 0 Å². The van der Waals surface area contributed by atoms with Gasteiger partial charge in [0.1, 0.15) is 0 Å². The number of aryl methyl sites for hydroxylation is 1. The number of aromatic nitrogens is 2. The number of para-hydroxylation sites is 2. The van der Waals surface area contributed by atoms with Gasteiger partial charge < -0.3 is 9.13 Å². The van der Waals surface area contributed by atoms with E-state index in [1.165, 1.54) is 60.4 Å². The van der Waals surface area contributed by atoms with Crippen LogP contribution in [0.2, 0.25) is 0 Å². The molecule has 0 fully saturated rings. The Morgan fingerprint density at radius 2 is 1.18 bits per heavy atom. The summed E-state index contributed by atoms with van der Waals surface area (Å²) >= 11 is 0. The molecule has 0 unspecified atom stereocenters. The Bertz CT molecular complexity index is 1800. The minimum Gasteiger partial charge on any atom is -0.343 e. The fourth-order valence-corrected chi connectivity index (χ4v) is 5.44. The van der Waals surface area contributed by atoms with Crippen molar-refractivity contribution >= 4 is 43.6 Å². The minimum atomic E-state index is 1.18. The van der Waals surface area contributed by atoms with E-state index >= 15 is 0 Å². The van der Waals surface area contributed by atoms with Gasteiger partial charge >= 0.3 is 0 Å². The highest BCUT2D eigenvalue weighted by atomic mass is 15.0. The summed E-state index contributed by atoms with van der Waals surface area (Å²) in [5.41, 5.74) is 8.69. The Morgan fingerprint density at radius 3 is 2.00 bits per heavy atom. The number of rotatable bonds is 2. The van der Waals surface area contributed by atoms with Crippen molar-refractivity contribution in [3.63, 3.8) is 0 Å². The van der Waals surface area contributed by atoms with Crippen LogP contribution in [0.1, 0.15) is 0 Å². The maximum atomic E-state index is 2.40. The first-order valence-corrected chi connectivity index (χ1v) is 11.4. The molecular weight excluding hydrogens is 400 g/mol. The Hall–Kier alpha value is -4.30. The molecule has 5 aromatic carbocycles. The van der Waals surface area contributed by atoms with Crippen LogP contribution in [-0.2, 0) is 7.05 Å². The lowest BCUT2D eigenvalue weighted by atomic mass is 10.0. The standard InChI is InChI=1S/C31H22N2/c1-32-27-15-9-8-14-24(27)25-17-19-29-30(31(25)32)26-20-22(21-10-4-2-5-11-21)16-18-28(26)33(29)23-12-6-3-7-13-23/h2-20H,1H3. The maximum absolute atomic E-state index is 2.40. The van der Waals surface area contributed by atoms with E-state index in [2.05, 4.69) is 131 Å². The number of hydrogen-bond donors (Lipinski definition) is 0. The fraction of sp³-hybridized carbons (Fsp3) is 0.0323. The SMILES string of the molecule is Cn1c2ccccc2c2ccc3c(c4cc(-c5ccccc5)ccc4n3-c3ccccc3)c21. The zero-order valence-electron chi connectivity index (χ0n) is 18.4. The van der Waals surface area contributed by atoms with Gasteiger partial charge in [0.25, 0.3) is 0 Å². The van der Waals surface area contributed by atoms with Gasteiger partial charge in [0.15, 0.2) is 0 Å². The molecule has 0 amide bonds. The maximum Gasteiger partial charge on any atom is 0.0590 e. The summed E-state index contributed by atoms with van der Waals surface area (Å²) in [6.07, 6.45) is 0. The van der Waals surface area contributed by atoms with Gasteiger partial charge in [0.05, 0.1) is 16.6 Å². The largest absolute Gasteiger partial charge is 0.343 e. The molecule has 0 N–H and O–H groups in total. The summed E-state index contributed by atoms with van der Waals surface area (Å²) in [6, 6.07) is 41.5. The third kappa shape index (κ3) is 2.55. The average molecular weight is 423 g/mol. The summed E-state index contributed by atoms with van der Waals surface area (Å²) in [5, 5.41) is 5.20. The van der Waals surface area contributed by atoms with Gasteiger partial charge in [-0.05, 0) is 47.5 Å². The van der Waals surface area contributed by atoms with Crippen LogP contribution in [-0.4, -0.2) is 9.13 Å². The molecule has 2 nitrogen and oxygen atoms in total. The van der Waals surface area contributed by atoms with Crippen molar-refractivity contribution in [2.24, 2.45) is 7.05 Å². The lowest BCUT2D eigenvalue weighted by Gasteiger charge is -2.08. The number of hydrogen-bond acceptors (Lipinski definition) is 0. The van der Waals surface area contributed by atoms with Crippen molar-refractivity contribution < 1.29 is 0 Å². The molecule has 0 radical (unpaired) electrons. The molecule has 33 heavy (non-hydrogen) atoms. The van der Waals surface area contributed by atoms with Gasteiger partial charge in [0, 0.05) is 39.8 Å². The van der Waals surface area contributed by atoms with Crippen molar-refractivity contribution in [3.05, 3.63) is 115 Å². The molecule has 0 saturated heterocycles. The third-order valence-electron chi connectivity index (χ3n) is 6.92. The first-order chi connectivity index (χ1) is 16.3. The predicted octanol–water partition coefficient (Wildman–Crippen LogP) is 8.10. The van der Waals surface area contributed by atoms with Crippen molar-refractivity contribution in [3.8, 4) is 16.8 Å². The molecule has 0 atom stereocenters. The van der Waals surface area contributed by atoms with E-state index in [-0.39, 0.29) is 0 Å². The molecular formula is C31H22N2. The Balaban J connectivity index is 1.70. The van der Waals surface area contributed by atoms with Crippen LogP contribution in [0.25, 0.3) is 60.4 Å². The highest BCUT2D eigenvalue weighted by Crippen LogP contribution is 2.41. The van der Waals surface area contributed by atoms with Crippen LogP contribution in [0.5, 0.6) is 0 Å². The van der Waals surface area contributed by atoms with E-state index in [1.807, 2.05) is 0 Å². The van der Waals surface area contributed by atoms with E-state index < -0.39 is 0 Å². The van der Waals surface area contributed by atoms with Gasteiger partial charge in [-0.1, -0.05) is 78.9 Å². The molecule has 2 heterocycles. The Kier molecular flexibility index (Phi) is 3.80. The van der Waals surface area contributed by atoms with E-state index in [4.69, 9.17) is 0 Å². The van der Waals surface area contributed by atoms with Crippen molar-refractivity contribution in [2.75, 3.05) is 0 Å². The highest BCUT2D eigenvalue weighted by Gasteiger charge is 2.19. The lowest BCUT2D eigenvalue weighted by Crippen LogP contribution is -1.93. The summed E-state index contributed by atoms with van der Waals surface area (Å²) in [6.45, 7) is 0. The molecule has 0 spiro atoms. The normalized spacial score (nSPS) is 11.8. The summed E-state index contributed by atoms with van der Waals surface area (Å²) in [5.74, 6) is 0. The molecule has 2 aromatic heterocycles. The predicted molar refractivity (Wildman–Crippen MR) is 140 cm³/mol. The average Bonchev–Trinajstić information content (AvgIpc) is 3.37. The monoisotopic (exact) mass is 422 g/mol. The minimum absolute atomic E-state index is 1.18. The molecule has 0 aliphatic heterocycles. The lowest BCUT2D eigenvalue weighted by molar-refractivity contribution is 1.02. The van der Waals surface area contributed by atoms with E-state index in [0.29, 0.717) is 0 Å². The topological polar surface area (TPSA) is 9.86 Å². The van der Waals surface area contributed by atoms with Gasteiger partial charge in [0.2, 0.25) is 0 Å². The summed E-state index contributed by atoms with van der Waals surface area (Å²) in [7, 11) is 2.19. The second-order valence-electron chi connectivity index (χ2n) is 8.70. The quantitative estimate of drug-likeness (QED) is 0.266. The second kappa shape index (κ2) is 6.85. The third-order valence-corrected chi connectivity index (χ3v) is 6.92. The van der Waals surface area contributed by atoms with Crippen LogP contribution in [0.15, 0.2) is 115 Å². The second-order valence-corrected chi connectivity index (χ2v) is 8.70. The Labute approximate surface area is 191 Å². The van der Waals surface area contributed by atoms with Crippen LogP contribution in [0, 0.1) is 0 Å². The molecule has 0 aliphatic rings. The van der Waals surface area contributed by atoms with Gasteiger partial charge in [-0.2, -0.15) is 0 Å².